The monoisotopic (exact) mass is 303 g/mol. The lowest BCUT2D eigenvalue weighted by Gasteiger charge is -2.10. The maximum Gasteiger partial charge on any atom is 0.138 e. The van der Waals surface area contributed by atoms with Gasteiger partial charge in [0.1, 0.15) is 11.6 Å². The summed E-state index contributed by atoms with van der Waals surface area (Å²) >= 11 is 5.85. The number of rotatable bonds is 4. The molecule has 2 nitrogen and oxygen atoms in total. The van der Waals surface area contributed by atoms with Gasteiger partial charge in [0.25, 0.3) is 0 Å². The molecule has 0 aliphatic carbocycles. The highest BCUT2D eigenvalue weighted by molar-refractivity contribution is 6.30. The van der Waals surface area contributed by atoms with Crippen molar-refractivity contribution in [3.8, 4) is 0 Å². The summed E-state index contributed by atoms with van der Waals surface area (Å²) in [7, 11) is 0. The predicted octanol–water partition coefficient (Wildman–Crippen LogP) is 4.19. The zero-order valence-corrected chi connectivity index (χ0v) is 12.2. The van der Waals surface area contributed by atoms with Crippen LogP contribution < -0.4 is 5.32 Å². The molecule has 108 valence electrons. The molecule has 0 radical (unpaired) electrons. The van der Waals surface area contributed by atoms with Gasteiger partial charge < -0.3 is 5.32 Å². The molecule has 0 amide bonds. The summed E-state index contributed by atoms with van der Waals surface area (Å²) < 4.78 is 13.7. The molecule has 3 rings (SSSR count). The molecule has 0 spiro atoms. The minimum absolute atomic E-state index is 0.0275. The van der Waals surface area contributed by atoms with Crippen molar-refractivity contribution in [2.24, 2.45) is 0 Å². The van der Waals surface area contributed by atoms with Crippen molar-refractivity contribution >= 4 is 23.1 Å². The van der Waals surface area contributed by atoms with Gasteiger partial charge in [0.05, 0.1) is 0 Å². The van der Waals surface area contributed by atoms with E-state index in [2.05, 4.69) is 5.32 Å². The van der Waals surface area contributed by atoms with E-state index in [-0.39, 0.29) is 23.9 Å². The third kappa shape index (κ3) is 3.08. The number of para-hydroxylation sites is 1. The van der Waals surface area contributed by atoms with Crippen LogP contribution >= 0.6 is 11.6 Å². The SMILES string of the molecule is O=C(Cc1cc(Cl)ccc1F)CC1CNc2ccccc21. The van der Waals surface area contributed by atoms with Crippen molar-refractivity contribution in [2.45, 2.75) is 18.8 Å². The van der Waals surface area contributed by atoms with Crippen molar-refractivity contribution < 1.29 is 9.18 Å². The lowest BCUT2D eigenvalue weighted by atomic mass is 9.93. The van der Waals surface area contributed by atoms with E-state index in [9.17, 15) is 9.18 Å². The number of anilines is 1. The Morgan fingerprint density at radius 3 is 2.95 bits per heavy atom. The topological polar surface area (TPSA) is 29.1 Å². The Kier molecular flexibility index (Phi) is 3.93. The quantitative estimate of drug-likeness (QED) is 0.917. The summed E-state index contributed by atoms with van der Waals surface area (Å²) in [5.41, 5.74) is 2.62. The fourth-order valence-electron chi connectivity index (χ4n) is 2.78. The van der Waals surface area contributed by atoms with Crippen LogP contribution in [0.25, 0.3) is 0 Å². The lowest BCUT2D eigenvalue weighted by Crippen LogP contribution is -2.12. The van der Waals surface area contributed by atoms with Crippen LogP contribution in [-0.4, -0.2) is 12.3 Å². The van der Waals surface area contributed by atoms with Crippen molar-refractivity contribution in [3.05, 3.63) is 64.4 Å². The number of halogens is 2. The van der Waals surface area contributed by atoms with Crippen molar-refractivity contribution in [1.29, 1.82) is 0 Å². The number of hydrogen-bond acceptors (Lipinski definition) is 2. The Bertz CT molecular complexity index is 686. The summed E-state index contributed by atoms with van der Waals surface area (Å²) in [5, 5.41) is 3.74. The number of ketones is 1. The smallest absolute Gasteiger partial charge is 0.138 e. The molecule has 0 saturated heterocycles. The van der Waals surface area contributed by atoms with Gasteiger partial charge in [-0.15, -0.1) is 0 Å². The molecule has 1 aliphatic heterocycles. The average molecular weight is 304 g/mol. The highest BCUT2D eigenvalue weighted by Gasteiger charge is 2.24. The maximum atomic E-state index is 13.7. The van der Waals surface area contributed by atoms with Crippen molar-refractivity contribution in [3.63, 3.8) is 0 Å². The fourth-order valence-corrected chi connectivity index (χ4v) is 2.97. The lowest BCUT2D eigenvalue weighted by molar-refractivity contribution is -0.118. The second-order valence-electron chi connectivity index (χ2n) is 5.32. The molecular weight excluding hydrogens is 289 g/mol. The van der Waals surface area contributed by atoms with Gasteiger partial charge in [-0.3, -0.25) is 4.79 Å². The number of nitrogens with one attached hydrogen (secondary N) is 1. The van der Waals surface area contributed by atoms with E-state index in [0.29, 0.717) is 17.0 Å². The van der Waals surface area contributed by atoms with Gasteiger partial charge in [-0.25, -0.2) is 4.39 Å². The van der Waals surface area contributed by atoms with E-state index < -0.39 is 0 Å². The van der Waals surface area contributed by atoms with Gasteiger partial charge in [0.15, 0.2) is 0 Å². The van der Waals surface area contributed by atoms with Gasteiger partial charge in [0, 0.05) is 36.0 Å². The Morgan fingerprint density at radius 2 is 2.10 bits per heavy atom. The number of carbonyl (C=O) groups is 1. The largest absolute Gasteiger partial charge is 0.384 e. The first kappa shape index (κ1) is 14.1. The van der Waals surface area contributed by atoms with Gasteiger partial charge in [0.2, 0.25) is 0 Å². The molecule has 1 heterocycles. The molecule has 1 N–H and O–H groups in total. The van der Waals surface area contributed by atoms with Crippen LogP contribution in [0.2, 0.25) is 5.02 Å². The van der Waals surface area contributed by atoms with E-state index in [1.807, 2.05) is 24.3 Å². The van der Waals surface area contributed by atoms with E-state index in [4.69, 9.17) is 11.6 Å². The van der Waals surface area contributed by atoms with E-state index in [0.717, 1.165) is 17.8 Å². The zero-order chi connectivity index (χ0) is 14.8. The first-order valence-corrected chi connectivity index (χ1v) is 7.29. The van der Waals surface area contributed by atoms with Crippen molar-refractivity contribution in [2.75, 3.05) is 11.9 Å². The van der Waals surface area contributed by atoms with E-state index >= 15 is 0 Å². The van der Waals surface area contributed by atoms with Crippen LogP contribution in [0.3, 0.4) is 0 Å². The van der Waals surface area contributed by atoms with E-state index in [1.165, 1.54) is 18.2 Å². The van der Waals surface area contributed by atoms with Crippen LogP contribution in [0, 0.1) is 5.82 Å². The molecule has 1 aliphatic rings. The first-order chi connectivity index (χ1) is 10.1. The van der Waals surface area contributed by atoms with E-state index in [1.54, 1.807) is 0 Å². The molecule has 0 aromatic heterocycles. The minimum Gasteiger partial charge on any atom is -0.384 e. The van der Waals surface area contributed by atoms with Crippen LogP contribution in [0.1, 0.15) is 23.5 Å². The minimum atomic E-state index is -0.377. The molecule has 2 aromatic carbocycles. The Morgan fingerprint density at radius 1 is 1.29 bits per heavy atom. The van der Waals surface area contributed by atoms with Crippen LogP contribution in [0.4, 0.5) is 10.1 Å². The van der Waals surface area contributed by atoms with Crippen LogP contribution in [0.15, 0.2) is 42.5 Å². The number of carbonyl (C=O) groups excluding carboxylic acids is 1. The number of hydrogen-bond donors (Lipinski definition) is 1. The molecule has 0 bridgehead atoms. The zero-order valence-electron chi connectivity index (χ0n) is 11.4. The summed E-state index contributed by atoms with van der Waals surface area (Å²) in [6.07, 6.45) is 0.501. The number of Topliss-reactive ketones (excluding diaryl/α,β-unsaturated/α-hetero) is 1. The summed E-state index contributed by atoms with van der Waals surface area (Å²) in [5.74, 6) is -0.187. The highest BCUT2D eigenvalue weighted by atomic mass is 35.5. The molecular formula is C17H15ClFNO. The first-order valence-electron chi connectivity index (χ1n) is 6.92. The van der Waals surface area contributed by atoms with Gasteiger partial charge in [-0.05, 0) is 35.4 Å². The Balaban J connectivity index is 1.69. The normalized spacial score (nSPS) is 16.4. The molecule has 0 fully saturated rings. The van der Waals surface area contributed by atoms with Crippen LogP contribution in [0.5, 0.6) is 0 Å². The van der Waals surface area contributed by atoms with Crippen LogP contribution in [-0.2, 0) is 11.2 Å². The second kappa shape index (κ2) is 5.86. The number of fused-ring (bicyclic) bond motifs is 1. The highest BCUT2D eigenvalue weighted by Crippen LogP contribution is 2.33. The fraction of sp³-hybridized carbons (Fsp3) is 0.235. The third-order valence-corrected chi connectivity index (χ3v) is 4.04. The predicted molar refractivity (Wildman–Crippen MR) is 82.4 cm³/mol. The number of benzene rings is 2. The summed E-state index contributed by atoms with van der Waals surface area (Å²) in [6.45, 7) is 0.753. The molecule has 2 aromatic rings. The molecule has 4 heteroatoms. The average Bonchev–Trinajstić information content (AvgIpc) is 2.86. The second-order valence-corrected chi connectivity index (χ2v) is 5.76. The molecule has 21 heavy (non-hydrogen) atoms. The van der Waals surface area contributed by atoms with Gasteiger partial charge >= 0.3 is 0 Å². The molecule has 0 saturated carbocycles. The third-order valence-electron chi connectivity index (χ3n) is 3.81. The van der Waals surface area contributed by atoms with Gasteiger partial charge in [-0.1, -0.05) is 29.8 Å². The Labute approximate surface area is 127 Å². The standard InChI is InChI=1S/C17H15ClFNO/c18-13-5-6-16(19)11(7-13)8-14(21)9-12-10-20-17-4-2-1-3-15(12)17/h1-7,12,20H,8-10H2. The Hall–Kier alpha value is -1.87. The molecule has 1 unspecified atom stereocenters. The van der Waals surface area contributed by atoms with Crippen molar-refractivity contribution in [1.82, 2.24) is 0 Å². The maximum absolute atomic E-state index is 13.7. The summed E-state index contributed by atoms with van der Waals surface area (Å²) in [6, 6.07) is 12.3. The van der Waals surface area contributed by atoms with Gasteiger partial charge in [-0.2, -0.15) is 0 Å². The molecule has 1 atom stereocenters. The summed E-state index contributed by atoms with van der Waals surface area (Å²) in [4.78, 5) is 12.2.